The van der Waals surface area contributed by atoms with E-state index in [-0.39, 0.29) is 0 Å². The average Bonchev–Trinajstić information content (AvgIpc) is 3.06. The third-order valence-corrected chi connectivity index (χ3v) is 8.37. The summed E-state index contributed by atoms with van der Waals surface area (Å²) in [6, 6.07) is 3.70. The van der Waals surface area contributed by atoms with Crippen molar-refractivity contribution in [2.45, 2.75) is 30.4 Å². The molecule has 2 fully saturated rings. The maximum atomic E-state index is 12.7. The van der Waals surface area contributed by atoms with Crippen molar-refractivity contribution >= 4 is 21.4 Å². The summed E-state index contributed by atoms with van der Waals surface area (Å²) in [6.07, 6.45) is 2.81. The lowest BCUT2D eigenvalue weighted by Crippen LogP contribution is -2.44. The molecule has 0 spiro atoms. The highest BCUT2D eigenvalue weighted by atomic mass is 32.2. The zero-order chi connectivity index (χ0) is 16.3. The van der Waals surface area contributed by atoms with Gasteiger partial charge in [-0.1, -0.05) is 6.92 Å². The van der Waals surface area contributed by atoms with E-state index in [0.29, 0.717) is 23.2 Å². The summed E-state index contributed by atoms with van der Waals surface area (Å²) in [4.78, 5) is 3.58. The second-order valence-electron chi connectivity index (χ2n) is 6.33. The van der Waals surface area contributed by atoms with Crippen molar-refractivity contribution in [2.75, 3.05) is 45.9 Å². The molecule has 130 valence electrons. The highest BCUT2D eigenvalue weighted by molar-refractivity contribution is 7.91. The molecule has 0 aromatic carbocycles. The quantitative estimate of drug-likeness (QED) is 0.808. The fourth-order valence-corrected chi connectivity index (χ4v) is 6.21. The summed E-state index contributed by atoms with van der Waals surface area (Å²) >= 11 is 1.41. The molecule has 2 aliphatic rings. The first kappa shape index (κ1) is 17.4. The molecule has 3 heterocycles. The van der Waals surface area contributed by atoms with Crippen LogP contribution in [0.3, 0.4) is 0 Å². The van der Waals surface area contributed by atoms with Gasteiger partial charge in [-0.2, -0.15) is 4.31 Å². The van der Waals surface area contributed by atoms with Crippen LogP contribution in [0.4, 0.5) is 0 Å². The minimum atomic E-state index is -3.29. The van der Waals surface area contributed by atoms with Crippen molar-refractivity contribution in [3.05, 3.63) is 17.0 Å². The third-order valence-electron chi connectivity index (χ3n) is 4.77. The summed E-state index contributed by atoms with van der Waals surface area (Å²) in [6.45, 7) is 8.10. The number of aryl methyl sites for hydroxylation is 1. The van der Waals surface area contributed by atoms with Crippen molar-refractivity contribution in [1.29, 1.82) is 0 Å². The molecular formula is C16H26N2O3S2. The summed E-state index contributed by atoms with van der Waals surface area (Å²) in [7, 11) is -3.29. The number of rotatable bonds is 5. The number of sulfonamides is 1. The normalized spacial score (nSPS) is 22.5. The monoisotopic (exact) mass is 358 g/mol. The predicted molar refractivity (Wildman–Crippen MR) is 92.4 cm³/mol. The Labute approximate surface area is 143 Å². The van der Waals surface area contributed by atoms with Crippen molar-refractivity contribution in [3.63, 3.8) is 0 Å². The number of ether oxygens (including phenoxy) is 1. The van der Waals surface area contributed by atoms with E-state index in [4.69, 9.17) is 4.74 Å². The van der Waals surface area contributed by atoms with Crippen LogP contribution in [-0.2, 0) is 21.2 Å². The van der Waals surface area contributed by atoms with Gasteiger partial charge in [0.15, 0.2) is 0 Å². The molecule has 0 radical (unpaired) electrons. The van der Waals surface area contributed by atoms with E-state index in [1.165, 1.54) is 11.3 Å². The number of hydrogen-bond donors (Lipinski definition) is 0. The molecule has 0 amide bonds. The second-order valence-corrected chi connectivity index (χ2v) is 9.67. The number of nitrogens with zero attached hydrogens (tertiary/aromatic N) is 2. The van der Waals surface area contributed by atoms with Gasteiger partial charge in [0, 0.05) is 37.6 Å². The van der Waals surface area contributed by atoms with Gasteiger partial charge in [-0.3, -0.25) is 4.90 Å². The molecular weight excluding hydrogens is 332 g/mol. The Balaban J connectivity index is 1.55. The number of hydrogen-bond acceptors (Lipinski definition) is 5. The van der Waals surface area contributed by atoms with Gasteiger partial charge in [-0.05, 0) is 37.3 Å². The number of piperidine rings is 1. The van der Waals surface area contributed by atoms with Crippen LogP contribution >= 0.6 is 11.3 Å². The Morgan fingerprint density at radius 1 is 1.17 bits per heavy atom. The minimum absolute atomic E-state index is 0.501. The molecule has 1 aromatic heterocycles. The van der Waals surface area contributed by atoms with Gasteiger partial charge in [0.2, 0.25) is 0 Å². The largest absolute Gasteiger partial charge is 0.379 e. The lowest BCUT2D eigenvalue weighted by molar-refractivity contribution is 0.0269. The SMILES string of the molecule is CCc1ccc(S(=O)(=O)N2CCC(CN3CCOCC3)CC2)s1. The predicted octanol–water partition coefficient (Wildman–Crippen LogP) is 2.04. The first-order chi connectivity index (χ1) is 11.1. The lowest BCUT2D eigenvalue weighted by Gasteiger charge is -2.35. The molecule has 23 heavy (non-hydrogen) atoms. The Morgan fingerprint density at radius 2 is 1.87 bits per heavy atom. The molecule has 0 atom stereocenters. The molecule has 0 saturated carbocycles. The van der Waals surface area contributed by atoms with Gasteiger partial charge in [-0.15, -0.1) is 11.3 Å². The first-order valence-corrected chi connectivity index (χ1v) is 10.7. The molecule has 1 aromatic rings. The summed E-state index contributed by atoms with van der Waals surface area (Å²) in [5, 5.41) is 0. The number of thiophene rings is 1. The Morgan fingerprint density at radius 3 is 2.48 bits per heavy atom. The smallest absolute Gasteiger partial charge is 0.252 e. The zero-order valence-corrected chi connectivity index (χ0v) is 15.4. The Hall–Kier alpha value is -0.470. The van der Waals surface area contributed by atoms with E-state index in [1.807, 2.05) is 6.07 Å². The van der Waals surface area contributed by atoms with Crippen LogP contribution < -0.4 is 0 Å². The van der Waals surface area contributed by atoms with Crippen LogP contribution in [0, 0.1) is 5.92 Å². The summed E-state index contributed by atoms with van der Waals surface area (Å²) in [5.41, 5.74) is 0. The highest BCUT2D eigenvalue weighted by Crippen LogP contribution is 2.29. The summed E-state index contributed by atoms with van der Waals surface area (Å²) in [5.74, 6) is 0.606. The van der Waals surface area contributed by atoms with E-state index in [2.05, 4.69) is 11.8 Å². The molecule has 0 aliphatic carbocycles. The van der Waals surface area contributed by atoms with Crippen LogP contribution in [0.15, 0.2) is 16.3 Å². The van der Waals surface area contributed by atoms with Gasteiger partial charge in [-0.25, -0.2) is 8.42 Å². The second kappa shape index (κ2) is 7.61. The van der Waals surface area contributed by atoms with Gasteiger partial charge in [0.1, 0.15) is 4.21 Å². The highest BCUT2D eigenvalue weighted by Gasteiger charge is 2.31. The van der Waals surface area contributed by atoms with Crippen molar-refractivity contribution in [1.82, 2.24) is 9.21 Å². The van der Waals surface area contributed by atoms with Gasteiger partial charge in [0.05, 0.1) is 13.2 Å². The fraction of sp³-hybridized carbons (Fsp3) is 0.750. The van der Waals surface area contributed by atoms with Gasteiger partial charge >= 0.3 is 0 Å². The van der Waals surface area contributed by atoms with Crippen LogP contribution in [0.2, 0.25) is 0 Å². The third kappa shape index (κ3) is 4.14. The minimum Gasteiger partial charge on any atom is -0.379 e. The maximum absolute atomic E-state index is 12.7. The topological polar surface area (TPSA) is 49.9 Å². The molecule has 7 heteroatoms. The maximum Gasteiger partial charge on any atom is 0.252 e. The molecule has 3 rings (SSSR count). The van der Waals surface area contributed by atoms with Gasteiger partial charge in [0.25, 0.3) is 10.0 Å². The fourth-order valence-electron chi connectivity index (χ4n) is 3.30. The zero-order valence-electron chi connectivity index (χ0n) is 13.7. The molecule has 5 nitrogen and oxygen atoms in total. The van der Waals surface area contributed by atoms with Crippen LogP contribution in [0.25, 0.3) is 0 Å². The van der Waals surface area contributed by atoms with Crippen LogP contribution in [0.5, 0.6) is 0 Å². The van der Waals surface area contributed by atoms with E-state index < -0.39 is 10.0 Å². The van der Waals surface area contributed by atoms with E-state index >= 15 is 0 Å². The Kier molecular flexibility index (Phi) is 5.74. The average molecular weight is 359 g/mol. The first-order valence-electron chi connectivity index (χ1n) is 8.48. The number of morpholine rings is 1. The molecule has 0 bridgehead atoms. The summed E-state index contributed by atoms with van der Waals surface area (Å²) < 4.78 is 33.0. The standard InChI is InChI=1S/C16H26N2O3S2/c1-2-15-3-4-16(22-15)23(19,20)18-7-5-14(6-8-18)13-17-9-11-21-12-10-17/h3-4,14H,2,5-13H2,1H3. The van der Waals surface area contributed by atoms with Gasteiger partial charge < -0.3 is 4.74 Å². The van der Waals surface area contributed by atoms with E-state index in [9.17, 15) is 8.42 Å². The molecule has 2 aliphatic heterocycles. The lowest BCUT2D eigenvalue weighted by atomic mass is 9.97. The van der Waals surface area contributed by atoms with Crippen molar-refractivity contribution < 1.29 is 13.2 Å². The Bertz CT molecular complexity index is 601. The van der Waals surface area contributed by atoms with E-state index in [0.717, 1.165) is 57.0 Å². The van der Waals surface area contributed by atoms with Crippen molar-refractivity contribution in [2.24, 2.45) is 5.92 Å². The van der Waals surface area contributed by atoms with Crippen LogP contribution in [0.1, 0.15) is 24.6 Å². The molecule has 0 unspecified atom stereocenters. The molecule has 2 saturated heterocycles. The molecule has 0 N–H and O–H groups in total. The van der Waals surface area contributed by atoms with Crippen LogP contribution in [-0.4, -0.2) is 63.6 Å². The van der Waals surface area contributed by atoms with E-state index in [1.54, 1.807) is 10.4 Å². The van der Waals surface area contributed by atoms with Crippen molar-refractivity contribution in [3.8, 4) is 0 Å².